The lowest BCUT2D eigenvalue weighted by molar-refractivity contribution is 0.104. The van der Waals surface area contributed by atoms with E-state index in [-0.39, 0.29) is 35.2 Å². The molecule has 0 aliphatic heterocycles. The number of ketones is 1. The Morgan fingerprint density at radius 3 is 2.06 bits per heavy atom. The Bertz CT molecular complexity index is 1050. The zero-order valence-electron chi connectivity index (χ0n) is 19.5. The highest BCUT2D eigenvalue weighted by molar-refractivity contribution is 7.87. The lowest BCUT2D eigenvalue weighted by Gasteiger charge is -2.32. The summed E-state index contributed by atoms with van der Waals surface area (Å²) in [7, 11) is -4.04. The van der Waals surface area contributed by atoms with Gasteiger partial charge in [-0.3, -0.25) is 4.79 Å². The quantitative estimate of drug-likeness (QED) is 0.505. The molecule has 0 aromatic heterocycles. The number of carbonyl (C=O) groups is 1. The van der Waals surface area contributed by atoms with Crippen LogP contribution in [0.1, 0.15) is 64.4 Å². The van der Waals surface area contributed by atoms with Crippen molar-refractivity contribution in [2.75, 3.05) is 0 Å². The summed E-state index contributed by atoms with van der Waals surface area (Å²) in [6.45, 7) is 14.6. The smallest absolute Gasteiger partial charge is 0.316 e. The molecule has 0 saturated carbocycles. The fourth-order valence-electron chi connectivity index (χ4n) is 4.72. The molecule has 168 valence electrons. The SMILES string of the molecule is CC(C)C1=CC(C(C)C)C(C)C(S(=O)(=O)OC2=CC(=O)c3ccccc32)C(C(C)C)=C1. The average Bonchev–Trinajstić information content (AvgIpc) is 2.87. The molecule has 0 heterocycles. The first-order chi connectivity index (χ1) is 14.4. The number of fused-ring (bicyclic) bond motifs is 1. The Morgan fingerprint density at radius 1 is 0.903 bits per heavy atom. The van der Waals surface area contributed by atoms with Gasteiger partial charge in [-0.25, -0.2) is 0 Å². The van der Waals surface area contributed by atoms with Crippen molar-refractivity contribution in [1.82, 2.24) is 0 Å². The molecule has 2 aliphatic rings. The molecule has 31 heavy (non-hydrogen) atoms. The van der Waals surface area contributed by atoms with E-state index in [9.17, 15) is 13.2 Å². The van der Waals surface area contributed by atoms with Gasteiger partial charge in [-0.1, -0.05) is 84.9 Å². The first kappa shape index (κ1) is 23.5. The second kappa shape index (κ2) is 8.78. The minimum Gasteiger partial charge on any atom is -0.381 e. The molecular formula is C26H34O4S. The molecule has 0 spiro atoms. The van der Waals surface area contributed by atoms with Crippen LogP contribution in [0, 0.1) is 29.6 Å². The van der Waals surface area contributed by atoms with Crippen molar-refractivity contribution in [3.05, 3.63) is 64.8 Å². The van der Waals surface area contributed by atoms with Gasteiger partial charge in [-0.15, -0.1) is 0 Å². The van der Waals surface area contributed by atoms with Crippen molar-refractivity contribution in [2.45, 2.75) is 53.7 Å². The lowest BCUT2D eigenvalue weighted by atomic mass is 9.80. The van der Waals surface area contributed by atoms with Crippen LogP contribution in [-0.4, -0.2) is 19.5 Å². The van der Waals surface area contributed by atoms with Gasteiger partial charge in [-0.2, -0.15) is 8.42 Å². The standard InChI is InChI=1S/C26H34O4S/c1-15(2)19-12-22(16(3)4)18(7)26(23(13-19)17(5)6)31(28,29)30-25-14-24(27)20-10-8-9-11-21(20)25/h8-18,22,26H,1-7H3. The Hall–Kier alpha value is -2.14. The molecule has 2 aliphatic carbocycles. The van der Waals surface area contributed by atoms with Crippen LogP contribution < -0.4 is 0 Å². The summed E-state index contributed by atoms with van der Waals surface area (Å²) in [6, 6.07) is 6.97. The van der Waals surface area contributed by atoms with Crippen molar-refractivity contribution in [3.8, 4) is 0 Å². The molecule has 0 bridgehead atoms. The maximum absolute atomic E-state index is 13.7. The Balaban J connectivity index is 2.08. The van der Waals surface area contributed by atoms with Crippen molar-refractivity contribution >= 4 is 21.7 Å². The van der Waals surface area contributed by atoms with Crippen molar-refractivity contribution in [3.63, 3.8) is 0 Å². The molecule has 4 nitrogen and oxygen atoms in total. The van der Waals surface area contributed by atoms with Crippen LogP contribution in [0.3, 0.4) is 0 Å². The van der Waals surface area contributed by atoms with Gasteiger partial charge in [0.15, 0.2) is 11.5 Å². The molecule has 3 unspecified atom stereocenters. The van der Waals surface area contributed by atoms with E-state index in [1.54, 1.807) is 24.3 Å². The van der Waals surface area contributed by atoms with E-state index in [0.717, 1.165) is 5.57 Å². The third-order valence-electron chi connectivity index (χ3n) is 6.47. The predicted molar refractivity (Wildman–Crippen MR) is 126 cm³/mol. The molecule has 0 amide bonds. The minimum absolute atomic E-state index is 0.0466. The normalized spacial score (nSPS) is 24.1. The maximum Gasteiger partial charge on any atom is 0.316 e. The molecule has 1 aromatic rings. The summed E-state index contributed by atoms with van der Waals surface area (Å²) in [5.41, 5.74) is 3.06. The second-order valence-electron chi connectivity index (χ2n) is 9.72. The van der Waals surface area contributed by atoms with Crippen LogP contribution in [-0.2, 0) is 14.3 Å². The minimum atomic E-state index is -4.04. The number of hydrogen-bond acceptors (Lipinski definition) is 4. The molecule has 0 fully saturated rings. The Labute approximate surface area is 187 Å². The highest BCUT2D eigenvalue weighted by Gasteiger charge is 2.43. The molecule has 1 aromatic carbocycles. The van der Waals surface area contributed by atoms with E-state index in [4.69, 9.17) is 4.18 Å². The van der Waals surface area contributed by atoms with Crippen LogP contribution in [0.15, 0.2) is 53.6 Å². The molecule has 0 radical (unpaired) electrons. The van der Waals surface area contributed by atoms with Crippen LogP contribution in [0.5, 0.6) is 0 Å². The largest absolute Gasteiger partial charge is 0.381 e. The molecule has 5 heteroatoms. The van der Waals surface area contributed by atoms with E-state index < -0.39 is 15.4 Å². The van der Waals surface area contributed by atoms with Crippen LogP contribution >= 0.6 is 0 Å². The van der Waals surface area contributed by atoms with Gasteiger partial charge >= 0.3 is 10.1 Å². The summed E-state index contributed by atoms with van der Waals surface area (Å²) in [4.78, 5) is 12.3. The molecule has 3 rings (SSSR count). The van der Waals surface area contributed by atoms with Gasteiger partial charge < -0.3 is 4.18 Å². The van der Waals surface area contributed by atoms with E-state index in [2.05, 4.69) is 39.8 Å². The monoisotopic (exact) mass is 442 g/mol. The van der Waals surface area contributed by atoms with Crippen molar-refractivity contribution in [2.24, 2.45) is 29.6 Å². The predicted octanol–water partition coefficient (Wildman–Crippen LogP) is 6.03. The summed E-state index contributed by atoms with van der Waals surface area (Å²) < 4.78 is 33.2. The highest BCUT2D eigenvalue weighted by atomic mass is 32.2. The third-order valence-corrected chi connectivity index (χ3v) is 8.21. The van der Waals surface area contributed by atoms with Gasteiger partial charge in [0, 0.05) is 17.2 Å². The number of hydrogen-bond donors (Lipinski definition) is 0. The van der Waals surface area contributed by atoms with Crippen molar-refractivity contribution in [1.29, 1.82) is 0 Å². The fourth-order valence-corrected chi connectivity index (χ4v) is 6.59. The summed E-state index contributed by atoms with van der Waals surface area (Å²) in [5.74, 6) is 0.463. The van der Waals surface area contributed by atoms with E-state index in [1.807, 2.05) is 20.8 Å². The fraction of sp³-hybridized carbons (Fsp3) is 0.500. The highest BCUT2D eigenvalue weighted by Crippen LogP contribution is 2.42. The van der Waals surface area contributed by atoms with Gasteiger partial charge in [0.05, 0.1) is 0 Å². The number of rotatable bonds is 6. The maximum atomic E-state index is 13.7. The zero-order chi connectivity index (χ0) is 23.1. The van der Waals surface area contributed by atoms with Crippen LogP contribution in [0.25, 0.3) is 5.76 Å². The summed E-state index contributed by atoms with van der Waals surface area (Å²) in [5, 5.41) is -0.781. The lowest BCUT2D eigenvalue weighted by Crippen LogP contribution is -2.37. The first-order valence-electron chi connectivity index (χ1n) is 11.2. The van der Waals surface area contributed by atoms with Crippen LogP contribution in [0.2, 0.25) is 0 Å². The van der Waals surface area contributed by atoms with E-state index >= 15 is 0 Å². The van der Waals surface area contributed by atoms with Gasteiger partial charge in [-0.05, 0) is 40.7 Å². The second-order valence-corrected chi connectivity index (χ2v) is 11.4. The molecule has 0 saturated heterocycles. The zero-order valence-corrected chi connectivity index (χ0v) is 20.4. The number of benzene rings is 1. The van der Waals surface area contributed by atoms with Gasteiger partial charge in [0.25, 0.3) is 0 Å². The number of carbonyl (C=O) groups excluding carboxylic acids is 1. The van der Waals surface area contributed by atoms with Crippen molar-refractivity contribution < 1.29 is 17.4 Å². The summed E-state index contributed by atoms with van der Waals surface area (Å²) >= 11 is 0. The van der Waals surface area contributed by atoms with Gasteiger partial charge in [0.1, 0.15) is 5.25 Å². The topological polar surface area (TPSA) is 60.4 Å². The first-order valence-corrected chi connectivity index (χ1v) is 12.6. The third kappa shape index (κ3) is 4.57. The molecular weight excluding hydrogens is 408 g/mol. The average molecular weight is 443 g/mol. The molecule has 0 N–H and O–H groups in total. The number of allylic oxidation sites excluding steroid dienone is 4. The van der Waals surface area contributed by atoms with E-state index in [1.165, 1.54) is 11.6 Å². The Kier molecular flexibility index (Phi) is 6.66. The Morgan fingerprint density at radius 2 is 1.52 bits per heavy atom. The summed E-state index contributed by atoms with van der Waals surface area (Å²) in [6.07, 6.45) is 5.62. The van der Waals surface area contributed by atoms with Gasteiger partial charge in [0.2, 0.25) is 0 Å². The van der Waals surface area contributed by atoms with Crippen LogP contribution in [0.4, 0.5) is 0 Å². The molecule has 3 atom stereocenters. The van der Waals surface area contributed by atoms with E-state index in [0.29, 0.717) is 17.0 Å².